The van der Waals surface area contributed by atoms with E-state index in [1.165, 1.54) is 12.3 Å². The van der Waals surface area contributed by atoms with Crippen LogP contribution in [0.15, 0.2) is 36.7 Å². The van der Waals surface area contributed by atoms with Gasteiger partial charge in [0, 0.05) is 18.3 Å². The zero-order valence-electron chi connectivity index (χ0n) is 15.2. The summed E-state index contributed by atoms with van der Waals surface area (Å²) in [6.45, 7) is 1.90. The third-order valence-corrected chi connectivity index (χ3v) is 4.33. The summed E-state index contributed by atoms with van der Waals surface area (Å²) in [7, 11) is 0. The van der Waals surface area contributed by atoms with Crippen LogP contribution in [0.25, 0.3) is 0 Å². The molecule has 0 atom stereocenters. The monoisotopic (exact) mass is 442 g/mol. The molecule has 158 valence electrons. The summed E-state index contributed by atoms with van der Waals surface area (Å²) >= 11 is 0.161. The van der Waals surface area contributed by atoms with Crippen molar-refractivity contribution in [2.45, 2.75) is 13.1 Å². The summed E-state index contributed by atoms with van der Waals surface area (Å²) in [4.78, 5) is 16.2. The molecule has 0 spiro atoms. The SMILES string of the molecule is CCOc1cc(Nc2cccnc2)c(NC(=O)Nc2nnc(C(F)(F)F)s2)cc1F. The normalized spacial score (nSPS) is 11.1. The minimum absolute atomic E-state index is 0.0119. The number of aromatic nitrogens is 3. The molecule has 3 N–H and O–H groups in total. The second kappa shape index (κ2) is 8.90. The molecular formula is C17H14F4N6O2S. The van der Waals surface area contributed by atoms with Crippen molar-refractivity contribution in [1.82, 2.24) is 15.2 Å². The van der Waals surface area contributed by atoms with Crippen LogP contribution in [0.3, 0.4) is 0 Å². The number of ether oxygens (including phenoxy) is 1. The Labute approximate surface area is 171 Å². The molecule has 0 fully saturated rings. The average molecular weight is 442 g/mol. The Morgan fingerprint density at radius 1 is 1.20 bits per heavy atom. The fourth-order valence-electron chi connectivity index (χ4n) is 2.26. The molecular weight excluding hydrogens is 428 g/mol. The van der Waals surface area contributed by atoms with E-state index in [1.807, 2.05) is 0 Å². The fraction of sp³-hybridized carbons (Fsp3) is 0.176. The lowest BCUT2D eigenvalue weighted by Crippen LogP contribution is -2.20. The van der Waals surface area contributed by atoms with Gasteiger partial charge in [0.15, 0.2) is 11.6 Å². The number of halogens is 4. The summed E-state index contributed by atoms with van der Waals surface area (Å²) in [5.74, 6) is -0.784. The van der Waals surface area contributed by atoms with Crippen molar-refractivity contribution < 1.29 is 27.1 Å². The van der Waals surface area contributed by atoms with Crippen LogP contribution in [-0.2, 0) is 6.18 Å². The van der Waals surface area contributed by atoms with Gasteiger partial charge in [0.25, 0.3) is 0 Å². The van der Waals surface area contributed by atoms with E-state index in [0.29, 0.717) is 5.69 Å². The summed E-state index contributed by atoms with van der Waals surface area (Å²) in [6, 6.07) is 4.79. The van der Waals surface area contributed by atoms with Crippen LogP contribution in [0.2, 0.25) is 0 Å². The summed E-state index contributed by atoms with van der Waals surface area (Å²) in [5.41, 5.74) is 0.836. The number of alkyl halides is 3. The average Bonchev–Trinajstić information content (AvgIpc) is 3.15. The number of benzene rings is 1. The Hall–Kier alpha value is -3.48. The number of hydrogen-bond donors (Lipinski definition) is 3. The van der Waals surface area contributed by atoms with Gasteiger partial charge in [-0.05, 0) is 19.1 Å². The first-order valence-electron chi connectivity index (χ1n) is 8.38. The number of nitrogens with one attached hydrogen (secondary N) is 3. The van der Waals surface area contributed by atoms with Crippen LogP contribution in [0.1, 0.15) is 11.9 Å². The molecule has 3 rings (SSSR count). The predicted molar refractivity (Wildman–Crippen MR) is 103 cm³/mol. The zero-order valence-corrected chi connectivity index (χ0v) is 16.1. The van der Waals surface area contributed by atoms with E-state index >= 15 is 0 Å². The largest absolute Gasteiger partial charge is 0.491 e. The molecule has 0 aliphatic rings. The third kappa shape index (κ3) is 5.31. The Morgan fingerprint density at radius 2 is 2.00 bits per heavy atom. The van der Waals surface area contributed by atoms with Gasteiger partial charge in [0.05, 0.1) is 29.9 Å². The lowest BCUT2D eigenvalue weighted by atomic mass is 10.2. The highest BCUT2D eigenvalue weighted by Crippen LogP contribution is 2.34. The minimum Gasteiger partial charge on any atom is -0.491 e. The molecule has 0 saturated carbocycles. The number of pyridine rings is 1. The second-order valence-electron chi connectivity index (χ2n) is 5.62. The molecule has 0 bridgehead atoms. The molecule has 13 heteroatoms. The zero-order chi connectivity index (χ0) is 21.7. The number of rotatable bonds is 6. The van der Waals surface area contributed by atoms with Crippen molar-refractivity contribution in [2.75, 3.05) is 22.6 Å². The van der Waals surface area contributed by atoms with Gasteiger partial charge < -0.3 is 15.4 Å². The van der Waals surface area contributed by atoms with Crippen LogP contribution in [0.4, 0.5) is 44.5 Å². The smallest absolute Gasteiger partial charge is 0.445 e. The van der Waals surface area contributed by atoms with Gasteiger partial charge >= 0.3 is 12.2 Å². The Morgan fingerprint density at radius 3 is 2.63 bits per heavy atom. The first-order chi connectivity index (χ1) is 14.3. The lowest BCUT2D eigenvalue weighted by molar-refractivity contribution is -0.138. The lowest BCUT2D eigenvalue weighted by Gasteiger charge is -2.15. The van der Waals surface area contributed by atoms with Gasteiger partial charge in [-0.15, -0.1) is 10.2 Å². The number of urea groups is 1. The van der Waals surface area contributed by atoms with E-state index in [-0.39, 0.29) is 40.2 Å². The van der Waals surface area contributed by atoms with E-state index in [2.05, 4.69) is 31.1 Å². The molecule has 0 aliphatic heterocycles. The van der Waals surface area contributed by atoms with Crippen molar-refractivity contribution in [2.24, 2.45) is 0 Å². The highest BCUT2D eigenvalue weighted by atomic mass is 32.1. The molecule has 0 radical (unpaired) electrons. The van der Waals surface area contributed by atoms with Crippen molar-refractivity contribution in [3.63, 3.8) is 0 Å². The maximum Gasteiger partial charge on any atom is 0.445 e. The molecule has 3 aromatic rings. The standard InChI is InChI=1S/C17H14F4N6O2S/c1-2-29-13-7-12(23-9-4-3-5-22-8-9)11(6-10(13)18)24-15(28)25-16-27-26-14(30-16)17(19,20)21/h3-8,23H,2H2,1H3,(H2,24,25,27,28). The summed E-state index contributed by atoms with van der Waals surface area (Å²) < 4.78 is 57.3. The highest BCUT2D eigenvalue weighted by molar-refractivity contribution is 7.15. The number of nitrogens with zero attached hydrogens (tertiary/aromatic N) is 3. The van der Waals surface area contributed by atoms with Crippen molar-refractivity contribution in [3.05, 3.63) is 47.5 Å². The Bertz CT molecular complexity index is 1030. The fourth-order valence-corrected chi connectivity index (χ4v) is 2.86. The highest BCUT2D eigenvalue weighted by Gasteiger charge is 2.35. The van der Waals surface area contributed by atoms with Gasteiger partial charge in [-0.1, -0.05) is 11.3 Å². The van der Waals surface area contributed by atoms with E-state index in [4.69, 9.17) is 4.74 Å². The Kier molecular flexibility index (Phi) is 6.30. The van der Waals surface area contributed by atoms with E-state index < -0.39 is 23.0 Å². The number of carbonyl (C=O) groups is 1. The van der Waals surface area contributed by atoms with Gasteiger partial charge in [-0.3, -0.25) is 10.3 Å². The summed E-state index contributed by atoms with van der Waals surface area (Å²) in [5, 5.41) is 12.1. The van der Waals surface area contributed by atoms with Crippen LogP contribution >= 0.6 is 11.3 Å². The van der Waals surface area contributed by atoms with Gasteiger partial charge in [0.2, 0.25) is 10.1 Å². The first kappa shape index (κ1) is 21.2. The number of hydrogen-bond acceptors (Lipinski definition) is 7. The molecule has 0 aliphatic carbocycles. The number of amides is 2. The van der Waals surface area contributed by atoms with Crippen molar-refractivity contribution in [3.8, 4) is 5.75 Å². The van der Waals surface area contributed by atoms with Crippen LogP contribution in [0, 0.1) is 5.82 Å². The molecule has 0 saturated heterocycles. The molecule has 0 unspecified atom stereocenters. The van der Waals surface area contributed by atoms with E-state index in [0.717, 1.165) is 6.07 Å². The van der Waals surface area contributed by atoms with Crippen LogP contribution < -0.4 is 20.7 Å². The molecule has 8 nitrogen and oxygen atoms in total. The van der Waals surface area contributed by atoms with Crippen LogP contribution in [0.5, 0.6) is 5.75 Å². The first-order valence-corrected chi connectivity index (χ1v) is 9.20. The van der Waals surface area contributed by atoms with E-state index in [9.17, 15) is 22.4 Å². The molecule has 1 aromatic carbocycles. The predicted octanol–water partition coefficient (Wildman–Crippen LogP) is 4.88. The van der Waals surface area contributed by atoms with Gasteiger partial charge in [0.1, 0.15) is 0 Å². The number of carbonyl (C=O) groups excluding carboxylic acids is 1. The molecule has 2 aromatic heterocycles. The third-order valence-electron chi connectivity index (χ3n) is 3.45. The maximum absolute atomic E-state index is 14.3. The topological polar surface area (TPSA) is 101 Å². The molecule has 2 amide bonds. The summed E-state index contributed by atoms with van der Waals surface area (Å²) in [6.07, 6.45) is -1.61. The van der Waals surface area contributed by atoms with Gasteiger partial charge in [-0.25, -0.2) is 9.18 Å². The van der Waals surface area contributed by atoms with Crippen molar-refractivity contribution >= 4 is 39.6 Å². The quantitative estimate of drug-likeness (QED) is 0.471. The molecule has 2 heterocycles. The molecule has 30 heavy (non-hydrogen) atoms. The van der Waals surface area contributed by atoms with Crippen LogP contribution in [-0.4, -0.2) is 27.8 Å². The van der Waals surface area contributed by atoms with E-state index in [1.54, 1.807) is 25.3 Å². The Balaban J connectivity index is 1.81. The second-order valence-corrected chi connectivity index (χ2v) is 6.59. The number of anilines is 4. The van der Waals surface area contributed by atoms with Crippen molar-refractivity contribution in [1.29, 1.82) is 0 Å². The maximum atomic E-state index is 14.3. The minimum atomic E-state index is -4.67. The van der Waals surface area contributed by atoms with Gasteiger partial charge in [-0.2, -0.15) is 13.2 Å².